The van der Waals surface area contributed by atoms with Gasteiger partial charge < -0.3 is 9.80 Å². The smallest absolute Gasteiger partial charge is 0.244 e. The zero-order valence-electron chi connectivity index (χ0n) is 15.3. The van der Waals surface area contributed by atoms with Crippen LogP contribution in [0.4, 0.5) is 0 Å². The summed E-state index contributed by atoms with van der Waals surface area (Å²) in [5.41, 5.74) is 0. The van der Waals surface area contributed by atoms with Gasteiger partial charge in [-0.2, -0.15) is 4.31 Å². The highest BCUT2D eigenvalue weighted by atomic mass is 32.2. The van der Waals surface area contributed by atoms with Gasteiger partial charge in [0.2, 0.25) is 15.9 Å². The van der Waals surface area contributed by atoms with Crippen LogP contribution in [0.5, 0.6) is 0 Å². The van der Waals surface area contributed by atoms with Crippen molar-refractivity contribution >= 4 is 27.7 Å². The van der Waals surface area contributed by atoms with E-state index in [0.717, 1.165) is 39.0 Å². The molecule has 7 nitrogen and oxygen atoms in total. The lowest BCUT2D eigenvalue weighted by Gasteiger charge is -2.31. The van der Waals surface area contributed by atoms with Gasteiger partial charge in [0, 0.05) is 45.5 Å². The van der Waals surface area contributed by atoms with E-state index in [4.69, 9.17) is 0 Å². The van der Waals surface area contributed by atoms with Crippen LogP contribution >= 0.6 is 11.8 Å². The molecule has 2 aliphatic rings. The molecule has 2 aliphatic heterocycles. The van der Waals surface area contributed by atoms with Crippen LogP contribution < -0.4 is 0 Å². The molecule has 0 aromatic carbocycles. The van der Waals surface area contributed by atoms with Gasteiger partial charge in [0.1, 0.15) is 4.90 Å². The molecule has 0 bridgehead atoms. The van der Waals surface area contributed by atoms with E-state index in [1.165, 1.54) is 22.3 Å². The second kappa shape index (κ2) is 8.24. The number of hydrogen-bond acceptors (Lipinski definition) is 6. The predicted molar refractivity (Wildman–Crippen MR) is 102 cm³/mol. The summed E-state index contributed by atoms with van der Waals surface area (Å²) in [5, 5.41) is 0.447. The molecule has 2 fully saturated rings. The third kappa shape index (κ3) is 4.39. The first-order chi connectivity index (χ1) is 12.4. The zero-order chi connectivity index (χ0) is 18.7. The van der Waals surface area contributed by atoms with Crippen LogP contribution in [0.25, 0.3) is 0 Å². The van der Waals surface area contributed by atoms with Crippen LogP contribution in [0.2, 0.25) is 0 Å². The Labute approximate surface area is 159 Å². The molecule has 144 valence electrons. The third-order valence-corrected chi connectivity index (χ3v) is 7.79. The van der Waals surface area contributed by atoms with Crippen LogP contribution in [0, 0.1) is 0 Å². The van der Waals surface area contributed by atoms with E-state index < -0.39 is 10.0 Å². The molecule has 0 saturated carbocycles. The second-order valence-corrected chi connectivity index (χ2v) is 10.1. The Morgan fingerprint density at radius 2 is 1.77 bits per heavy atom. The maximum atomic E-state index is 12.7. The molecule has 26 heavy (non-hydrogen) atoms. The minimum atomic E-state index is -3.50. The van der Waals surface area contributed by atoms with Crippen LogP contribution in [0.1, 0.15) is 19.8 Å². The van der Waals surface area contributed by atoms with E-state index in [2.05, 4.69) is 9.88 Å². The second-order valence-electron chi connectivity index (χ2n) is 6.83. The van der Waals surface area contributed by atoms with Crippen molar-refractivity contribution in [2.24, 2.45) is 0 Å². The molecule has 0 unspecified atom stereocenters. The number of pyridine rings is 1. The van der Waals surface area contributed by atoms with Crippen molar-refractivity contribution < 1.29 is 13.2 Å². The van der Waals surface area contributed by atoms with Gasteiger partial charge in [0.05, 0.1) is 10.3 Å². The number of likely N-dealkylation sites (N-methyl/N-ethyl adjacent to an activating group) is 1. The molecule has 3 rings (SSSR count). The number of aromatic nitrogens is 1. The molecule has 9 heteroatoms. The first-order valence-corrected chi connectivity index (χ1v) is 11.3. The number of hydrogen-bond donors (Lipinski definition) is 0. The number of sulfonamides is 1. The summed E-state index contributed by atoms with van der Waals surface area (Å²) in [4.78, 5) is 20.9. The van der Waals surface area contributed by atoms with E-state index in [1.54, 1.807) is 12.1 Å². The van der Waals surface area contributed by atoms with E-state index in [9.17, 15) is 13.2 Å². The molecule has 1 aromatic rings. The normalized spacial score (nSPS) is 21.1. The molecule has 3 heterocycles. The van der Waals surface area contributed by atoms with Crippen molar-refractivity contribution in [1.82, 2.24) is 19.1 Å². The Morgan fingerprint density at radius 3 is 2.35 bits per heavy atom. The predicted octanol–water partition coefficient (Wildman–Crippen LogP) is 1.12. The van der Waals surface area contributed by atoms with Crippen LogP contribution in [-0.4, -0.2) is 85.0 Å². The number of thioether (sulfide) groups is 1. The minimum absolute atomic E-state index is 0.128. The molecule has 2 saturated heterocycles. The molecule has 0 aliphatic carbocycles. The van der Waals surface area contributed by atoms with Gasteiger partial charge in [-0.15, -0.1) is 0 Å². The van der Waals surface area contributed by atoms with E-state index >= 15 is 0 Å². The lowest BCUT2D eigenvalue weighted by atomic mass is 10.4. The summed E-state index contributed by atoms with van der Waals surface area (Å²) in [6, 6.07) is 3.29. The van der Waals surface area contributed by atoms with E-state index in [-0.39, 0.29) is 16.1 Å². The lowest BCUT2D eigenvalue weighted by molar-refractivity contribution is -0.129. The number of piperazine rings is 1. The Hall–Kier alpha value is -1.16. The largest absolute Gasteiger partial charge is 0.342 e. The summed E-state index contributed by atoms with van der Waals surface area (Å²) in [5.74, 6) is 0.128. The van der Waals surface area contributed by atoms with Gasteiger partial charge in [0.15, 0.2) is 0 Å². The number of amides is 1. The minimum Gasteiger partial charge on any atom is -0.342 e. The Balaban J connectivity index is 1.63. The Morgan fingerprint density at radius 1 is 1.12 bits per heavy atom. The van der Waals surface area contributed by atoms with Gasteiger partial charge in [-0.25, -0.2) is 13.4 Å². The van der Waals surface area contributed by atoms with Crippen molar-refractivity contribution in [3.8, 4) is 0 Å². The van der Waals surface area contributed by atoms with Gasteiger partial charge in [-0.05, 0) is 38.9 Å². The number of rotatable bonds is 5. The van der Waals surface area contributed by atoms with Gasteiger partial charge in [0.25, 0.3) is 0 Å². The third-order valence-electron chi connectivity index (χ3n) is 4.87. The monoisotopic (exact) mass is 398 g/mol. The molecule has 1 amide bonds. The molecular weight excluding hydrogens is 372 g/mol. The molecule has 1 aromatic heterocycles. The van der Waals surface area contributed by atoms with Crippen molar-refractivity contribution in [1.29, 1.82) is 0 Å². The van der Waals surface area contributed by atoms with E-state index in [0.29, 0.717) is 18.1 Å². The summed E-state index contributed by atoms with van der Waals surface area (Å²) in [7, 11) is -1.51. The highest BCUT2D eigenvalue weighted by molar-refractivity contribution is 8.00. The Kier molecular flexibility index (Phi) is 6.21. The van der Waals surface area contributed by atoms with Gasteiger partial charge in [-0.1, -0.05) is 11.8 Å². The van der Waals surface area contributed by atoms with Gasteiger partial charge >= 0.3 is 0 Å². The topological polar surface area (TPSA) is 73.8 Å². The van der Waals surface area contributed by atoms with Crippen LogP contribution in [0.3, 0.4) is 0 Å². The Bertz CT molecular complexity index is 725. The summed E-state index contributed by atoms with van der Waals surface area (Å²) < 4.78 is 26.9. The average molecular weight is 399 g/mol. The fourth-order valence-corrected chi connectivity index (χ4v) is 5.43. The number of carbonyl (C=O) groups excluding carboxylic acids is 1. The summed E-state index contributed by atoms with van der Waals surface area (Å²) >= 11 is 1.38. The zero-order valence-corrected chi connectivity index (χ0v) is 16.9. The highest BCUT2D eigenvalue weighted by Gasteiger charge is 2.28. The summed E-state index contributed by atoms with van der Waals surface area (Å²) in [6.07, 6.45) is 3.55. The van der Waals surface area contributed by atoms with Crippen LogP contribution in [0.15, 0.2) is 28.3 Å². The standard InChI is InChI=1S/C17H26N4O3S2/c1-14(17(22)20-7-3-4-8-20)25-16-6-5-15(13-18-16)26(23,24)21-11-9-19(2)10-12-21/h5-6,13-14H,3-4,7-12H2,1-2H3/t14-/m0/s1. The quantitative estimate of drug-likeness (QED) is 0.692. The number of likely N-dealkylation sites (tertiary alicyclic amines) is 1. The SMILES string of the molecule is C[C@H](Sc1ccc(S(=O)(=O)N2CCN(C)CC2)cn1)C(=O)N1CCCC1. The molecule has 0 N–H and O–H groups in total. The van der Waals surface area contributed by atoms with Crippen molar-refractivity contribution in [2.75, 3.05) is 46.3 Å². The lowest BCUT2D eigenvalue weighted by Crippen LogP contribution is -2.47. The van der Waals surface area contributed by atoms with E-state index in [1.807, 2.05) is 18.9 Å². The average Bonchev–Trinajstić information content (AvgIpc) is 3.16. The fourth-order valence-electron chi connectivity index (χ4n) is 3.19. The first kappa shape index (κ1) is 19.6. The van der Waals surface area contributed by atoms with Crippen LogP contribution in [-0.2, 0) is 14.8 Å². The molecule has 0 radical (unpaired) electrons. The molecule has 0 spiro atoms. The fraction of sp³-hybridized carbons (Fsp3) is 0.647. The van der Waals surface area contributed by atoms with Crippen molar-refractivity contribution in [3.63, 3.8) is 0 Å². The number of carbonyl (C=O) groups is 1. The van der Waals surface area contributed by atoms with Gasteiger partial charge in [-0.3, -0.25) is 4.79 Å². The number of nitrogens with zero attached hydrogens (tertiary/aromatic N) is 4. The highest BCUT2D eigenvalue weighted by Crippen LogP contribution is 2.25. The maximum Gasteiger partial charge on any atom is 0.244 e. The molecule has 1 atom stereocenters. The van der Waals surface area contributed by atoms with Crippen molar-refractivity contribution in [2.45, 2.75) is 34.9 Å². The first-order valence-electron chi connectivity index (χ1n) is 8.98. The summed E-state index contributed by atoms with van der Waals surface area (Å²) in [6.45, 7) is 6.00. The maximum absolute atomic E-state index is 12.7. The molecular formula is C17H26N4O3S2. The van der Waals surface area contributed by atoms with Crippen molar-refractivity contribution in [3.05, 3.63) is 18.3 Å².